The molecule has 0 radical (unpaired) electrons. The van der Waals surface area contributed by atoms with Crippen molar-refractivity contribution in [2.75, 3.05) is 0 Å². The molecule has 0 saturated heterocycles. The zero-order chi connectivity index (χ0) is 20.6. The Morgan fingerprint density at radius 3 is 0.966 bits per heavy atom. The Labute approximate surface area is 223 Å². The van der Waals surface area contributed by atoms with E-state index in [1.165, 1.54) is 10.7 Å². The molecule has 0 bridgehead atoms. The zero-order valence-corrected chi connectivity index (χ0v) is 23.9. The van der Waals surface area contributed by atoms with Gasteiger partial charge in [-0.05, 0) is 0 Å². The van der Waals surface area contributed by atoms with E-state index >= 15 is 0 Å². The maximum atomic E-state index is 9.38. The zero-order valence-electron chi connectivity index (χ0n) is 15.3. The molecule has 0 aliphatic rings. The van der Waals surface area contributed by atoms with Crippen LogP contribution in [0.1, 0.15) is 0 Å². The van der Waals surface area contributed by atoms with Gasteiger partial charge in [0.05, 0.1) is 0 Å². The van der Waals surface area contributed by atoms with E-state index in [-0.39, 0.29) is 51.4 Å². The molecule has 0 saturated carbocycles. The first kappa shape index (κ1) is 27.3. The molecule has 0 unspecified atom stereocenters. The standard InChI is InChI=1S/3C6H5.2Cr.K.7O.Sn/c3*1-2-4-6-5-3-1;;;;;;;;;;;/h3*1-5H;;;;;;;;;;;/q;;;;;+1;;;;;;2*-1;+1. The van der Waals surface area contributed by atoms with Gasteiger partial charge in [-0.25, -0.2) is 0 Å². The van der Waals surface area contributed by atoms with Gasteiger partial charge < -0.3 is 0 Å². The first-order chi connectivity index (χ1) is 13.2. The van der Waals surface area contributed by atoms with E-state index in [1.54, 1.807) is 0 Å². The van der Waals surface area contributed by atoms with E-state index in [9.17, 15) is 23.5 Å². The van der Waals surface area contributed by atoms with Crippen LogP contribution in [0.15, 0.2) is 91.0 Å². The summed E-state index contributed by atoms with van der Waals surface area (Å²) in [4.78, 5) is 0. The average Bonchev–Trinajstić information content (AvgIpc) is 2.62. The van der Waals surface area contributed by atoms with Crippen molar-refractivity contribution < 1.29 is 105 Å². The van der Waals surface area contributed by atoms with Gasteiger partial charge in [0.1, 0.15) is 0 Å². The summed E-state index contributed by atoms with van der Waals surface area (Å²) < 4.78 is 63.5. The molecule has 0 N–H and O–H groups in total. The topological polar surface area (TPSA) is 124 Å². The first-order valence-corrected chi connectivity index (χ1v) is 16.3. The molecule has 0 amide bonds. The Morgan fingerprint density at radius 1 is 0.552 bits per heavy atom. The number of rotatable bonds is 5. The molecule has 0 fully saturated rings. The number of hydrogen-bond donors (Lipinski definition) is 0. The summed E-state index contributed by atoms with van der Waals surface area (Å²) in [7, 11) is 0. The molecule has 0 aromatic heterocycles. The van der Waals surface area contributed by atoms with Gasteiger partial charge in [-0.15, -0.1) is 0 Å². The van der Waals surface area contributed by atoms with Crippen LogP contribution in [-0.2, 0) is 45.3 Å². The normalized spacial score (nSPS) is 10.8. The first-order valence-electron chi connectivity index (χ1n) is 7.82. The molecule has 3 aromatic carbocycles. The molecule has 7 nitrogen and oxygen atoms in total. The van der Waals surface area contributed by atoms with Gasteiger partial charge in [0, 0.05) is 0 Å². The van der Waals surface area contributed by atoms with Crippen molar-refractivity contribution in [2.24, 2.45) is 0 Å². The molecule has 146 valence electrons. The summed E-state index contributed by atoms with van der Waals surface area (Å²) in [5.41, 5.74) is 0. The van der Waals surface area contributed by atoms with Crippen molar-refractivity contribution in [3.05, 3.63) is 91.0 Å². The molecule has 29 heavy (non-hydrogen) atoms. The fourth-order valence-corrected chi connectivity index (χ4v) is 11.4. The quantitative estimate of drug-likeness (QED) is 0.275. The molecule has 0 spiro atoms. The van der Waals surface area contributed by atoms with E-state index in [0.717, 1.165) is 0 Å². The van der Waals surface area contributed by atoms with Crippen molar-refractivity contribution in [3.63, 3.8) is 0 Å². The van der Waals surface area contributed by atoms with Crippen LogP contribution in [0.4, 0.5) is 0 Å². The van der Waals surface area contributed by atoms with E-state index < -0.39 is 47.0 Å². The SMILES string of the molecule is [K+].[O]=[Cr](=[O])([O-])[O][Cr](=[O])(=[O])[O-].c1cc[c]([Sn+]([c]2ccccc2)[c]2ccccc2)cc1. The average molecular weight is 605 g/mol. The second-order valence-corrected chi connectivity index (χ2v) is 16.1. The Balaban J connectivity index is 0.000000362. The van der Waals surface area contributed by atoms with E-state index in [2.05, 4.69) is 93.8 Å². The van der Waals surface area contributed by atoms with Crippen LogP contribution in [0.3, 0.4) is 0 Å². The van der Waals surface area contributed by atoms with E-state index in [0.29, 0.717) is 0 Å². The van der Waals surface area contributed by atoms with Gasteiger partial charge >= 0.3 is 226 Å². The molecule has 11 heteroatoms. The Kier molecular flexibility index (Phi) is 12.2. The van der Waals surface area contributed by atoms with Gasteiger partial charge in [0.15, 0.2) is 0 Å². The molecular weight excluding hydrogens is 590 g/mol. The summed E-state index contributed by atoms with van der Waals surface area (Å²) in [6, 6.07) is 32.9. The summed E-state index contributed by atoms with van der Waals surface area (Å²) in [6.07, 6.45) is 0. The number of benzene rings is 3. The Hall–Kier alpha value is 0.240. The van der Waals surface area contributed by atoms with Gasteiger partial charge in [-0.3, -0.25) is 0 Å². The van der Waals surface area contributed by atoms with Crippen molar-refractivity contribution in [2.45, 2.75) is 0 Å². The fourth-order valence-electron chi connectivity index (χ4n) is 2.42. The van der Waals surface area contributed by atoms with Gasteiger partial charge in [-0.2, -0.15) is 0 Å². The number of hydrogen-bond acceptors (Lipinski definition) is 7. The van der Waals surface area contributed by atoms with Crippen LogP contribution in [0.2, 0.25) is 0 Å². The third-order valence-electron chi connectivity index (χ3n) is 3.35. The molecule has 0 aliphatic carbocycles. The fraction of sp³-hybridized carbons (Fsp3) is 0. The van der Waals surface area contributed by atoms with E-state index in [1.807, 2.05) is 0 Å². The molecule has 0 aliphatic heterocycles. The Bertz CT molecular complexity index is 955. The molecule has 0 heterocycles. The Morgan fingerprint density at radius 2 is 0.793 bits per heavy atom. The second-order valence-electron chi connectivity index (χ2n) is 5.36. The molecule has 0 atom stereocenters. The summed E-state index contributed by atoms with van der Waals surface area (Å²) in [5, 5.41) is 0. The third-order valence-corrected chi connectivity index (χ3v) is 13.8. The second kappa shape index (κ2) is 12.9. The minimum absolute atomic E-state index is 0. The monoisotopic (exact) mass is 606 g/mol. The van der Waals surface area contributed by atoms with Crippen molar-refractivity contribution in [1.82, 2.24) is 0 Å². The van der Waals surface area contributed by atoms with Crippen molar-refractivity contribution in [3.8, 4) is 0 Å². The summed E-state index contributed by atoms with van der Waals surface area (Å²) in [5.74, 6) is 0. The van der Waals surface area contributed by atoms with Crippen LogP contribution in [0.5, 0.6) is 0 Å². The van der Waals surface area contributed by atoms with Crippen LogP contribution < -0.4 is 70.4 Å². The third kappa shape index (κ3) is 10.9. The van der Waals surface area contributed by atoms with Crippen LogP contribution in [0.25, 0.3) is 0 Å². The predicted molar refractivity (Wildman–Crippen MR) is 87.8 cm³/mol. The molecule has 3 aromatic rings. The van der Waals surface area contributed by atoms with Gasteiger partial charge in [0.2, 0.25) is 0 Å². The predicted octanol–water partition coefficient (Wildman–Crippen LogP) is -3.72. The van der Waals surface area contributed by atoms with E-state index in [4.69, 9.17) is 0 Å². The van der Waals surface area contributed by atoms with Crippen molar-refractivity contribution in [1.29, 1.82) is 0 Å². The molecular formula is C18H15Cr2KO7Sn. The summed E-state index contributed by atoms with van der Waals surface area (Å²) >= 11 is -14.1. The van der Waals surface area contributed by atoms with Crippen LogP contribution >= 0.6 is 0 Å². The molecule has 3 rings (SSSR count). The van der Waals surface area contributed by atoms with Crippen LogP contribution in [0, 0.1) is 0 Å². The van der Waals surface area contributed by atoms with Gasteiger partial charge in [-0.1, -0.05) is 0 Å². The maximum absolute atomic E-state index is 9.38. The summed E-state index contributed by atoms with van der Waals surface area (Å²) in [6.45, 7) is 0. The van der Waals surface area contributed by atoms with Crippen LogP contribution in [-0.4, -0.2) is 19.8 Å². The minimum atomic E-state index is -6.07. The van der Waals surface area contributed by atoms with Gasteiger partial charge in [0.25, 0.3) is 0 Å². The van der Waals surface area contributed by atoms with Crippen molar-refractivity contribution >= 4 is 30.5 Å².